The van der Waals surface area contributed by atoms with Crippen LogP contribution in [0.3, 0.4) is 0 Å². The van der Waals surface area contributed by atoms with Gasteiger partial charge in [0.1, 0.15) is 0 Å². The van der Waals surface area contributed by atoms with Gasteiger partial charge in [-0.25, -0.2) is 0 Å². The second-order valence-corrected chi connectivity index (χ2v) is 22.8. The van der Waals surface area contributed by atoms with Crippen LogP contribution in [0.15, 0.2) is 334 Å². The zero-order valence-corrected chi connectivity index (χ0v) is 47.6. The topological polar surface area (TPSA) is 13.1 Å². The molecule has 3 nitrogen and oxygen atoms in total. The van der Waals surface area contributed by atoms with E-state index in [9.17, 15) is 0 Å². The molecule has 0 atom stereocenters. The van der Waals surface area contributed by atoms with E-state index in [1.54, 1.807) is 0 Å². The predicted octanol–water partition coefficient (Wildman–Crippen LogP) is 23.1. The summed E-state index contributed by atoms with van der Waals surface area (Å²) in [6.45, 7) is 0. The van der Waals surface area contributed by atoms with Crippen molar-refractivity contribution in [1.82, 2.24) is 9.13 Å². The van der Waals surface area contributed by atoms with E-state index in [-0.39, 0.29) is 0 Å². The van der Waals surface area contributed by atoms with Crippen LogP contribution in [-0.4, -0.2) is 9.13 Å². The molecule has 406 valence electrons. The van der Waals surface area contributed by atoms with Gasteiger partial charge in [-0.3, -0.25) is 0 Å². The number of aromatic nitrogens is 2. The molecule has 0 radical (unpaired) electrons. The number of para-hydroxylation sites is 3. The summed E-state index contributed by atoms with van der Waals surface area (Å²) in [5.41, 5.74) is 22.1. The van der Waals surface area contributed by atoms with Gasteiger partial charge in [-0.05, 0) is 180 Å². The van der Waals surface area contributed by atoms with E-state index in [2.05, 4.69) is 348 Å². The van der Waals surface area contributed by atoms with Crippen LogP contribution < -0.4 is 4.90 Å². The molecule has 0 fully saturated rings. The SMILES string of the molecule is c1ccc(-c2ccc(-n3c4ccccc4c4cc(-c5cc(-c6ccc7c(c6)c6ccccc6n7-c6ccc(-c7ccccc7)cc6)cc(-c6c7ccccc7c(N(c7ccccc7)c7ccc8ccccc8c7)c7ccccc67)c5)ccc43)cc2)cc1. The summed E-state index contributed by atoms with van der Waals surface area (Å²) in [6, 6.07) is 123. The number of hydrogen-bond acceptors (Lipinski definition) is 1. The molecule has 0 spiro atoms. The molecular formula is C84H55N3. The van der Waals surface area contributed by atoms with E-state index < -0.39 is 0 Å². The van der Waals surface area contributed by atoms with E-state index in [4.69, 9.17) is 0 Å². The highest BCUT2D eigenvalue weighted by atomic mass is 15.1. The highest BCUT2D eigenvalue weighted by molar-refractivity contribution is 6.23. The van der Waals surface area contributed by atoms with Crippen molar-refractivity contribution in [3.8, 4) is 67.0 Å². The van der Waals surface area contributed by atoms with E-state index >= 15 is 0 Å². The minimum Gasteiger partial charge on any atom is -0.309 e. The van der Waals surface area contributed by atoms with Gasteiger partial charge in [0.05, 0.1) is 27.8 Å². The first-order valence-corrected chi connectivity index (χ1v) is 30.0. The molecule has 0 unspecified atom stereocenters. The second-order valence-electron chi connectivity index (χ2n) is 22.8. The first-order chi connectivity index (χ1) is 43.1. The zero-order chi connectivity index (χ0) is 57.4. The lowest BCUT2D eigenvalue weighted by molar-refractivity contribution is 1.18. The predicted molar refractivity (Wildman–Crippen MR) is 370 cm³/mol. The van der Waals surface area contributed by atoms with E-state index in [1.807, 2.05) is 0 Å². The average molecular weight is 1110 g/mol. The van der Waals surface area contributed by atoms with Crippen molar-refractivity contribution in [2.75, 3.05) is 4.90 Å². The van der Waals surface area contributed by atoms with Gasteiger partial charge in [0, 0.05) is 55.1 Å². The van der Waals surface area contributed by atoms with Crippen LogP contribution in [-0.2, 0) is 0 Å². The van der Waals surface area contributed by atoms with Gasteiger partial charge in [0.2, 0.25) is 0 Å². The van der Waals surface area contributed by atoms with Gasteiger partial charge in [0.25, 0.3) is 0 Å². The molecule has 87 heavy (non-hydrogen) atoms. The van der Waals surface area contributed by atoms with Crippen LogP contribution in [0, 0.1) is 0 Å². The standard InChI is InChI=1S/C84H55N3/c1-4-20-56(21-5-1)59-36-43-68(44-37-59)86-79-34-18-16-28-71(79)77-54-62(41-48-81(77)86)64-50-65(63-42-49-82-78(55-63)72-29-17-19-35-80(72)87(82)69-45-38-60(39-46-69)57-22-6-2-7-23-57)52-66(51-64)83-73-30-12-14-32-75(73)84(76-33-15-13-31-74(76)83)85(67-26-8-3-9-27-67)70-47-40-58-24-10-11-25-61(58)53-70/h1-55H. The number of benzene rings is 15. The Hall–Kier alpha value is -11.5. The Morgan fingerprint density at radius 1 is 0.195 bits per heavy atom. The fraction of sp³-hybridized carbons (Fsp3) is 0. The quantitative estimate of drug-likeness (QED) is 0.124. The number of anilines is 3. The zero-order valence-electron chi connectivity index (χ0n) is 47.6. The van der Waals surface area contributed by atoms with Gasteiger partial charge >= 0.3 is 0 Å². The lowest BCUT2D eigenvalue weighted by atomic mass is 9.86. The Kier molecular flexibility index (Phi) is 11.9. The van der Waals surface area contributed by atoms with Crippen molar-refractivity contribution in [2.45, 2.75) is 0 Å². The monoisotopic (exact) mass is 1110 g/mol. The van der Waals surface area contributed by atoms with Gasteiger partial charge in [-0.1, -0.05) is 231 Å². The van der Waals surface area contributed by atoms with Crippen molar-refractivity contribution in [3.63, 3.8) is 0 Å². The molecule has 2 heterocycles. The van der Waals surface area contributed by atoms with Crippen LogP contribution in [0.2, 0.25) is 0 Å². The van der Waals surface area contributed by atoms with Crippen molar-refractivity contribution < 1.29 is 0 Å². The third-order valence-electron chi connectivity index (χ3n) is 17.8. The maximum atomic E-state index is 2.47. The molecule has 2 aromatic heterocycles. The highest BCUT2D eigenvalue weighted by Crippen LogP contribution is 2.50. The molecule has 0 aliphatic heterocycles. The van der Waals surface area contributed by atoms with Gasteiger partial charge in [0.15, 0.2) is 0 Å². The summed E-state index contributed by atoms with van der Waals surface area (Å²) in [4.78, 5) is 2.47. The van der Waals surface area contributed by atoms with Crippen molar-refractivity contribution in [3.05, 3.63) is 334 Å². The third-order valence-corrected chi connectivity index (χ3v) is 17.8. The normalized spacial score (nSPS) is 11.7. The minimum atomic E-state index is 1.10. The Balaban J connectivity index is 0.886. The van der Waals surface area contributed by atoms with Crippen molar-refractivity contribution in [1.29, 1.82) is 0 Å². The summed E-state index contributed by atoms with van der Waals surface area (Å²) in [5.74, 6) is 0. The molecule has 3 heteroatoms. The molecular weight excluding hydrogens is 1050 g/mol. The molecule has 17 aromatic rings. The van der Waals surface area contributed by atoms with Crippen LogP contribution in [0.5, 0.6) is 0 Å². The third kappa shape index (κ3) is 8.51. The van der Waals surface area contributed by atoms with Crippen LogP contribution >= 0.6 is 0 Å². The van der Waals surface area contributed by atoms with E-state index in [0.717, 1.165) is 56.3 Å². The summed E-state index contributed by atoms with van der Waals surface area (Å²) in [7, 11) is 0. The minimum absolute atomic E-state index is 1.10. The molecule has 0 aliphatic rings. The van der Waals surface area contributed by atoms with E-state index in [1.165, 1.54) is 104 Å². The number of fused-ring (bicyclic) bond motifs is 9. The van der Waals surface area contributed by atoms with Crippen molar-refractivity contribution in [2.24, 2.45) is 0 Å². The summed E-state index contributed by atoms with van der Waals surface area (Å²) in [6.07, 6.45) is 0. The molecule has 0 saturated heterocycles. The number of nitrogens with zero attached hydrogens (tertiary/aromatic N) is 3. The number of hydrogen-bond donors (Lipinski definition) is 0. The molecule has 17 rings (SSSR count). The average Bonchev–Trinajstić information content (AvgIpc) is 1.70. The molecule has 0 bridgehead atoms. The lowest BCUT2D eigenvalue weighted by Crippen LogP contribution is -2.11. The van der Waals surface area contributed by atoms with Crippen molar-refractivity contribution >= 4 is 93.0 Å². The van der Waals surface area contributed by atoms with Gasteiger partial charge in [-0.2, -0.15) is 0 Å². The van der Waals surface area contributed by atoms with Gasteiger partial charge in [-0.15, -0.1) is 0 Å². The Bertz CT molecular complexity index is 5210. The molecule has 0 amide bonds. The Labute approximate surface area is 504 Å². The summed E-state index contributed by atoms with van der Waals surface area (Å²) in [5, 5.41) is 12.0. The Morgan fingerprint density at radius 3 is 1.08 bits per heavy atom. The first kappa shape index (κ1) is 50.0. The number of rotatable bonds is 10. The largest absolute Gasteiger partial charge is 0.309 e. The highest BCUT2D eigenvalue weighted by Gasteiger charge is 2.24. The fourth-order valence-electron chi connectivity index (χ4n) is 13.8. The first-order valence-electron chi connectivity index (χ1n) is 30.0. The smallest absolute Gasteiger partial charge is 0.0618 e. The Morgan fingerprint density at radius 2 is 0.575 bits per heavy atom. The van der Waals surface area contributed by atoms with Crippen LogP contribution in [0.1, 0.15) is 0 Å². The summed E-state index contributed by atoms with van der Waals surface area (Å²) < 4.78 is 4.84. The summed E-state index contributed by atoms with van der Waals surface area (Å²) >= 11 is 0. The lowest BCUT2D eigenvalue weighted by Gasteiger charge is -2.30. The fourth-order valence-corrected chi connectivity index (χ4v) is 13.8. The molecule has 15 aromatic carbocycles. The molecule has 0 N–H and O–H groups in total. The van der Waals surface area contributed by atoms with Gasteiger partial charge < -0.3 is 14.0 Å². The molecule has 0 saturated carbocycles. The maximum absolute atomic E-state index is 2.47. The van der Waals surface area contributed by atoms with Crippen LogP contribution in [0.4, 0.5) is 17.1 Å². The van der Waals surface area contributed by atoms with Crippen LogP contribution in [0.25, 0.3) is 143 Å². The van der Waals surface area contributed by atoms with E-state index in [0.29, 0.717) is 0 Å². The maximum Gasteiger partial charge on any atom is 0.0618 e. The second kappa shape index (κ2) is 20.7. The molecule has 0 aliphatic carbocycles.